The van der Waals surface area contributed by atoms with E-state index in [1.807, 2.05) is 6.08 Å². The number of hydrogen-bond donors (Lipinski definition) is 1. The minimum atomic E-state index is 0.160. The zero-order chi connectivity index (χ0) is 8.81. The third-order valence-electron chi connectivity index (χ3n) is 2.23. The molecular weight excluding hydrogens is 152 g/mol. The van der Waals surface area contributed by atoms with E-state index < -0.39 is 0 Å². The lowest BCUT2D eigenvalue weighted by Gasteiger charge is -2.31. The SMILES string of the molecule is CN1CCN(C/C=C/CO)CC1. The smallest absolute Gasteiger partial charge is 0.0612 e. The van der Waals surface area contributed by atoms with Crippen LogP contribution in [0.4, 0.5) is 0 Å². The van der Waals surface area contributed by atoms with Crippen molar-refractivity contribution in [3.8, 4) is 0 Å². The summed E-state index contributed by atoms with van der Waals surface area (Å²) in [5.74, 6) is 0. The van der Waals surface area contributed by atoms with Gasteiger partial charge in [-0.1, -0.05) is 12.2 Å². The Morgan fingerprint density at radius 3 is 2.42 bits per heavy atom. The molecule has 1 aliphatic rings. The quantitative estimate of drug-likeness (QED) is 0.593. The maximum absolute atomic E-state index is 8.52. The van der Waals surface area contributed by atoms with E-state index in [2.05, 4.69) is 16.8 Å². The summed E-state index contributed by atoms with van der Waals surface area (Å²) in [4.78, 5) is 4.73. The molecule has 3 heteroatoms. The van der Waals surface area contributed by atoms with Crippen LogP contribution in [0.15, 0.2) is 12.2 Å². The molecule has 0 aliphatic carbocycles. The first-order valence-electron chi connectivity index (χ1n) is 4.49. The Hall–Kier alpha value is -0.380. The summed E-state index contributed by atoms with van der Waals surface area (Å²) in [6.07, 6.45) is 3.84. The van der Waals surface area contributed by atoms with Crippen LogP contribution in [0.3, 0.4) is 0 Å². The van der Waals surface area contributed by atoms with Gasteiger partial charge in [-0.15, -0.1) is 0 Å². The molecule has 0 unspecified atom stereocenters. The van der Waals surface area contributed by atoms with Crippen molar-refractivity contribution >= 4 is 0 Å². The van der Waals surface area contributed by atoms with Crippen LogP contribution < -0.4 is 0 Å². The van der Waals surface area contributed by atoms with Gasteiger partial charge >= 0.3 is 0 Å². The number of piperazine rings is 1. The molecule has 70 valence electrons. The van der Waals surface area contributed by atoms with Gasteiger partial charge in [-0.2, -0.15) is 0 Å². The third kappa shape index (κ3) is 3.34. The first-order valence-corrected chi connectivity index (χ1v) is 4.49. The van der Waals surface area contributed by atoms with Gasteiger partial charge in [-0.3, -0.25) is 4.90 Å². The van der Waals surface area contributed by atoms with Crippen LogP contribution in [0.2, 0.25) is 0 Å². The van der Waals surface area contributed by atoms with Crippen molar-refractivity contribution in [2.45, 2.75) is 0 Å². The van der Waals surface area contributed by atoms with Gasteiger partial charge in [0.05, 0.1) is 6.61 Å². The van der Waals surface area contributed by atoms with E-state index in [9.17, 15) is 0 Å². The second kappa shape index (κ2) is 5.30. The molecule has 0 spiro atoms. The fourth-order valence-electron chi connectivity index (χ4n) is 1.33. The summed E-state index contributed by atoms with van der Waals surface area (Å²) in [7, 11) is 2.15. The number of aliphatic hydroxyl groups is 1. The number of likely N-dealkylation sites (N-methyl/N-ethyl adjacent to an activating group) is 1. The van der Waals surface area contributed by atoms with E-state index >= 15 is 0 Å². The fourth-order valence-corrected chi connectivity index (χ4v) is 1.33. The summed E-state index contributed by atoms with van der Waals surface area (Å²) >= 11 is 0. The Bertz CT molecular complexity index is 139. The Kier molecular flexibility index (Phi) is 4.29. The average Bonchev–Trinajstić information content (AvgIpc) is 2.09. The molecule has 1 rings (SSSR count). The first-order chi connectivity index (χ1) is 5.83. The highest BCUT2D eigenvalue weighted by Crippen LogP contribution is 1.98. The van der Waals surface area contributed by atoms with E-state index in [1.165, 1.54) is 0 Å². The molecule has 1 saturated heterocycles. The molecule has 0 amide bonds. The second-order valence-corrected chi connectivity index (χ2v) is 3.26. The van der Waals surface area contributed by atoms with Gasteiger partial charge in [0.1, 0.15) is 0 Å². The largest absolute Gasteiger partial charge is 0.392 e. The lowest BCUT2D eigenvalue weighted by Crippen LogP contribution is -2.44. The average molecular weight is 170 g/mol. The van der Waals surface area contributed by atoms with E-state index in [4.69, 9.17) is 5.11 Å². The summed E-state index contributed by atoms with van der Waals surface area (Å²) < 4.78 is 0. The highest BCUT2D eigenvalue weighted by atomic mass is 16.2. The molecule has 0 bridgehead atoms. The van der Waals surface area contributed by atoms with Crippen molar-refractivity contribution in [3.05, 3.63) is 12.2 Å². The normalized spacial score (nSPS) is 22.2. The topological polar surface area (TPSA) is 26.7 Å². The van der Waals surface area contributed by atoms with Crippen LogP contribution in [-0.4, -0.2) is 61.3 Å². The van der Waals surface area contributed by atoms with Crippen molar-refractivity contribution in [1.82, 2.24) is 9.80 Å². The molecule has 1 aliphatic heterocycles. The molecule has 0 saturated carbocycles. The van der Waals surface area contributed by atoms with Crippen LogP contribution in [0.5, 0.6) is 0 Å². The predicted molar refractivity (Wildman–Crippen MR) is 50.2 cm³/mol. The van der Waals surface area contributed by atoms with Crippen molar-refractivity contribution in [2.75, 3.05) is 46.4 Å². The minimum absolute atomic E-state index is 0.160. The minimum Gasteiger partial charge on any atom is -0.392 e. The van der Waals surface area contributed by atoms with E-state index in [-0.39, 0.29) is 6.61 Å². The van der Waals surface area contributed by atoms with Gasteiger partial charge in [-0.25, -0.2) is 0 Å². The van der Waals surface area contributed by atoms with Crippen molar-refractivity contribution in [1.29, 1.82) is 0 Å². The summed E-state index contributed by atoms with van der Waals surface area (Å²) in [6, 6.07) is 0. The van der Waals surface area contributed by atoms with Crippen LogP contribution in [0, 0.1) is 0 Å². The van der Waals surface area contributed by atoms with Gasteiger partial charge in [0.15, 0.2) is 0 Å². The third-order valence-corrected chi connectivity index (χ3v) is 2.23. The molecule has 0 radical (unpaired) electrons. The van der Waals surface area contributed by atoms with Gasteiger partial charge in [-0.05, 0) is 7.05 Å². The van der Waals surface area contributed by atoms with E-state index in [0.717, 1.165) is 32.7 Å². The lowest BCUT2D eigenvalue weighted by atomic mass is 10.3. The Morgan fingerprint density at radius 1 is 1.17 bits per heavy atom. The Balaban J connectivity index is 2.13. The molecule has 3 nitrogen and oxygen atoms in total. The maximum atomic E-state index is 8.52. The van der Waals surface area contributed by atoms with Crippen molar-refractivity contribution in [2.24, 2.45) is 0 Å². The van der Waals surface area contributed by atoms with Crippen molar-refractivity contribution < 1.29 is 5.11 Å². The standard InChI is InChI=1S/C9H18N2O/c1-10-5-7-11(8-6-10)4-2-3-9-12/h2-3,12H,4-9H2,1H3/b3-2+. The molecule has 0 aromatic rings. The zero-order valence-corrected chi connectivity index (χ0v) is 7.74. The van der Waals surface area contributed by atoms with E-state index in [0.29, 0.717) is 0 Å². The van der Waals surface area contributed by atoms with Crippen LogP contribution in [0.25, 0.3) is 0 Å². The Morgan fingerprint density at radius 2 is 1.83 bits per heavy atom. The fraction of sp³-hybridized carbons (Fsp3) is 0.778. The van der Waals surface area contributed by atoms with Crippen LogP contribution in [0.1, 0.15) is 0 Å². The first kappa shape index (κ1) is 9.71. The highest BCUT2D eigenvalue weighted by Gasteiger charge is 2.11. The summed E-state index contributed by atoms with van der Waals surface area (Å²) in [5.41, 5.74) is 0. The molecule has 0 aromatic carbocycles. The maximum Gasteiger partial charge on any atom is 0.0612 e. The molecule has 0 atom stereocenters. The second-order valence-electron chi connectivity index (χ2n) is 3.26. The van der Waals surface area contributed by atoms with Gasteiger partial charge in [0, 0.05) is 32.7 Å². The van der Waals surface area contributed by atoms with Gasteiger partial charge < -0.3 is 10.0 Å². The summed E-state index contributed by atoms with van der Waals surface area (Å²) in [5, 5.41) is 8.52. The molecular formula is C9H18N2O. The molecule has 0 aromatic heterocycles. The van der Waals surface area contributed by atoms with E-state index in [1.54, 1.807) is 6.08 Å². The zero-order valence-electron chi connectivity index (χ0n) is 7.74. The van der Waals surface area contributed by atoms with Crippen molar-refractivity contribution in [3.63, 3.8) is 0 Å². The number of hydrogen-bond acceptors (Lipinski definition) is 3. The number of aliphatic hydroxyl groups excluding tert-OH is 1. The van der Waals surface area contributed by atoms with Gasteiger partial charge in [0.2, 0.25) is 0 Å². The molecule has 1 heterocycles. The molecule has 1 N–H and O–H groups in total. The number of rotatable bonds is 3. The summed E-state index contributed by atoms with van der Waals surface area (Å²) in [6.45, 7) is 5.75. The van der Waals surface area contributed by atoms with Crippen LogP contribution in [-0.2, 0) is 0 Å². The molecule has 12 heavy (non-hydrogen) atoms. The Labute approximate surface area is 74.3 Å². The monoisotopic (exact) mass is 170 g/mol. The van der Waals surface area contributed by atoms with Crippen LogP contribution >= 0.6 is 0 Å². The van der Waals surface area contributed by atoms with Gasteiger partial charge in [0.25, 0.3) is 0 Å². The lowest BCUT2D eigenvalue weighted by molar-refractivity contribution is 0.166. The highest BCUT2D eigenvalue weighted by molar-refractivity contribution is 4.85. The number of nitrogens with zero attached hydrogens (tertiary/aromatic N) is 2. The predicted octanol–water partition coefficient (Wildman–Crippen LogP) is -0.218. The molecule has 1 fully saturated rings.